The molecule has 0 saturated carbocycles. The maximum atomic E-state index is 11.8. The molecule has 128 valence electrons. The molecular formula is C18H17N3O3S. The van der Waals surface area contributed by atoms with Crippen molar-refractivity contribution >= 4 is 17.7 Å². The number of aromatic nitrogens is 2. The molecule has 0 bridgehead atoms. The summed E-state index contributed by atoms with van der Waals surface area (Å²) in [5.74, 6) is 1.33. The quantitative estimate of drug-likeness (QED) is 0.494. The maximum absolute atomic E-state index is 11.8. The van der Waals surface area contributed by atoms with Crippen LogP contribution in [-0.2, 0) is 4.79 Å². The van der Waals surface area contributed by atoms with Crippen molar-refractivity contribution in [3.8, 4) is 17.2 Å². The first-order valence-corrected chi connectivity index (χ1v) is 8.76. The molecule has 6 nitrogen and oxygen atoms in total. The molecule has 0 unspecified atom stereocenters. The van der Waals surface area contributed by atoms with Gasteiger partial charge in [-0.2, -0.15) is 0 Å². The van der Waals surface area contributed by atoms with Crippen molar-refractivity contribution in [1.29, 1.82) is 0 Å². The van der Waals surface area contributed by atoms with E-state index in [9.17, 15) is 4.79 Å². The van der Waals surface area contributed by atoms with Crippen molar-refractivity contribution in [2.45, 2.75) is 5.22 Å². The molecule has 2 aromatic carbocycles. The molecule has 25 heavy (non-hydrogen) atoms. The highest BCUT2D eigenvalue weighted by Crippen LogP contribution is 2.22. The highest BCUT2D eigenvalue weighted by molar-refractivity contribution is 7.99. The molecule has 0 aliphatic heterocycles. The van der Waals surface area contributed by atoms with Gasteiger partial charge in [-0.15, -0.1) is 10.2 Å². The van der Waals surface area contributed by atoms with Crippen LogP contribution in [0.1, 0.15) is 0 Å². The predicted molar refractivity (Wildman–Crippen MR) is 95.4 cm³/mol. The van der Waals surface area contributed by atoms with Crippen molar-refractivity contribution in [2.24, 2.45) is 0 Å². The lowest BCUT2D eigenvalue weighted by molar-refractivity contribution is -0.118. The van der Waals surface area contributed by atoms with Gasteiger partial charge in [0, 0.05) is 5.56 Å². The van der Waals surface area contributed by atoms with E-state index >= 15 is 0 Å². The van der Waals surface area contributed by atoms with Gasteiger partial charge >= 0.3 is 0 Å². The molecule has 0 saturated heterocycles. The summed E-state index contributed by atoms with van der Waals surface area (Å²) >= 11 is 1.21. The van der Waals surface area contributed by atoms with E-state index in [1.807, 2.05) is 60.7 Å². The Morgan fingerprint density at radius 1 is 1.04 bits per heavy atom. The number of amides is 1. The molecular weight excluding hydrogens is 338 g/mol. The summed E-state index contributed by atoms with van der Waals surface area (Å²) in [4.78, 5) is 11.8. The van der Waals surface area contributed by atoms with Crippen LogP contribution in [0.4, 0.5) is 0 Å². The van der Waals surface area contributed by atoms with Gasteiger partial charge in [0.15, 0.2) is 0 Å². The minimum absolute atomic E-state index is 0.110. The topological polar surface area (TPSA) is 77.2 Å². The number of para-hydroxylation sites is 1. The Labute approximate surface area is 149 Å². The molecule has 1 amide bonds. The van der Waals surface area contributed by atoms with Gasteiger partial charge in [0.25, 0.3) is 5.22 Å². The molecule has 0 fully saturated rings. The highest BCUT2D eigenvalue weighted by atomic mass is 32.2. The molecule has 0 atom stereocenters. The summed E-state index contributed by atoms with van der Waals surface area (Å²) in [7, 11) is 0. The molecule has 0 aliphatic carbocycles. The third-order valence-electron chi connectivity index (χ3n) is 3.19. The van der Waals surface area contributed by atoms with E-state index in [2.05, 4.69) is 15.5 Å². The van der Waals surface area contributed by atoms with Crippen LogP contribution in [0, 0.1) is 0 Å². The third-order valence-corrected chi connectivity index (χ3v) is 4.01. The lowest BCUT2D eigenvalue weighted by Crippen LogP contribution is -2.29. The molecule has 1 heterocycles. The summed E-state index contributed by atoms with van der Waals surface area (Å²) < 4.78 is 11.0. The summed E-state index contributed by atoms with van der Waals surface area (Å²) in [5, 5.41) is 11.1. The summed E-state index contributed by atoms with van der Waals surface area (Å²) in [6, 6.07) is 19.0. The standard InChI is InChI=1S/C18H17N3O3S/c22-16(19-11-12-23-15-9-5-2-6-10-15)13-25-18-21-20-17(24-18)14-7-3-1-4-8-14/h1-10H,11-13H2,(H,19,22). The molecule has 1 aromatic heterocycles. The predicted octanol–water partition coefficient (Wildman–Crippen LogP) is 3.02. The van der Waals surface area contributed by atoms with Gasteiger partial charge in [0.05, 0.1) is 12.3 Å². The monoisotopic (exact) mass is 355 g/mol. The van der Waals surface area contributed by atoms with Gasteiger partial charge in [0.1, 0.15) is 12.4 Å². The van der Waals surface area contributed by atoms with E-state index in [1.54, 1.807) is 0 Å². The SMILES string of the molecule is O=C(CSc1nnc(-c2ccccc2)o1)NCCOc1ccccc1. The third kappa shape index (κ3) is 5.36. The summed E-state index contributed by atoms with van der Waals surface area (Å²) in [6.07, 6.45) is 0. The fourth-order valence-corrected chi connectivity index (χ4v) is 2.61. The fraction of sp³-hybridized carbons (Fsp3) is 0.167. The molecule has 0 spiro atoms. The number of ether oxygens (including phenoxy) is 1. The Kier molecular flexibility index (Phi) is 6.06. The lowest BCUT2D eigenvalue weighted by atomic mass is 10.2. The normalized spacial score (nSPS) is 10.4. The maximum Gasteiger partial charge on any atom is 0.277 e. The second-order valence-corrected chi connectivity index (χ2v) is 5.97. The molecule has 7 heteroatoms. The van der Waals surface area contributed by atoms with Crippen molar-refractivity contribution in [3.05, 3.63) is 60.7 Å². The van der Waals surface area contributed by atoms with Gasteiger partial charge in [-0.1, -0.05) is 48.2 Å². The van der Waals surface area contributed by atoms with Crippen molar-refractivity contribution in [2.75, 3.05) is 18.9 Å². The zero-order valence-electron chi connectivity index (χ0n) is 13.4. The number of hydrogen-bond acceptors (Lipinski definition) is 6. The van der Waals surface area contributed by atoms with Gasteiger partial charge in [-0.3, -0.25) is 4.79 Å². The zero-order chi connectivity index (χ0) is 17.3. The minimum atomic E-state index is -0.110. The van der Waals surface area contributed by atoms with Gasteiger partial charge < -0.3 is 14.5 Å². The van der Waals surface area contributed by atoms with E-state index in [1.165, 1.54) is 11.8 Å². The first kappa shape index (κ1) is 17.0. The number of benzene rings is 2. The van der Waals surface area contributed by atoms with Gasteiger partial charge in [-0.25, -0.2) is 0 Å². The van der Waals surface area contributed by atoms with E-state index in [0.717, 1.165) is 11.3 Å². The van der Waals surface area contributed by atoms with Crippen molar-refractivity contribution in [1.82, 2.24) is 15.5 Å². The van der Waals surface area contributed by atoms with E-state index in [4.69, 9.17) is 9.15 Å². The Hall–Kier alpha value is -2.80. The number of carbonyl (C=O) groups excluding carboxylic acids is 1. The molecule has 0 aliphatic rings. The molecule has 0 radical (unpaired) electrons. The second-order valence-electron chi connectivity index (χ2n) is 5.04. The smallest absolute Gasteiger partial charge is 0.277 e. The average molecular weight is 355 g/mol. The fourth-order valence-electron chi connectivity index (χ4n) is 2.02. The second kappa shape index (κ2) is 8.89. The number of hydrogen-bond donors (Lipinski definition) is 1. The largest absolute Gasteiger partial charge is 0.492 e. The van der Waals surface area contributed by atoms with Gasteiger partial charge in [0.2, 0.25) is 11.8 Å². The first-order valence-electron chi connectivity index (χ1n) is 7.77. The average Bonchev–Trinajstić information content (AvgIpc) is 3.14. The highest BCUT2D eigenvalue weighted by Gasteiger charge is 2.10. The van der Waals surface area contributed by atoms with E-state index in [0.29, 0.717) is 24.3 Å². The Bertz CT molecular complexity index is 794. The number of nitrogens with zero attached hydrogens (tertiary/aromatic N) is 2. The Morgan fingerprint density at radius 2 is 1.76 bits per heavy atom. The van der Waals surface area contributed by atoms with Crippen LogP contribution in [-0.4, -0.2) is 35.0 Å². The van der Waals surface area contributed by atoms with Crippen LogP contribution in [0.25, 0.3) is 11.5 Å². The van der Waals surface area contributed by atoms with Crippen LogP contribution in [0.15, 0.2) is 70.3 Å². The molecule has 3 rings (SSSR count). The van der Waals surface area contributed by atoms with Crippen molar-refractivity contribution < 1.29 is 13.9 Å². The van der Waals surface area contributed by atoms with Crippen molar-refractivity contribution in [3.63, 3.8) is 0 Å². The number of rotatable bonds is 8. The Balaban J connectivity index is 1.37. The summed E-state index contributed by atoms with van der Waals surface area (Å²) in [5.41, 5.74) is 0.851. The molecule has 3 aromatic rings. The van der Waals surface area contributed by atoms with Crippen LogP contribution in [0.3, 0.4) is 0 Å². The molecule has 1 N–H and O–H groups in total. The van der Waals surface area contributed by atoms with Crippen LogP contribution < -0.4 is 10.1 Å². The Morgan fingerprint density at radius 3 is 2.52 bits per heavy atom. The van der Waals surface area contributed by atoms with Crippen LogP contribution >= 0.6 is 11.8 Å². The zero-order valence-corrected chi connectivity index (χ0v) is 14.2. The van der Waals surface area contributed by atoms with Crippen LogP contribution in [0.5, 0.6) is 5.75 Å². The van der Waals surface area contributed by atoms with E-state index in [-0.39, 0.29) is 11.7 Å². The van der Waals surface area contributed by atoms with E-state index < -0.39 is 0 Å². The minimum Gasteiger partial charge on any atom is -0.492 e. The number of nitrogens with one attached hydrogen (secondary N) is 1. The number of carbonyl (C=O) groups is 1. The van der Waals surface area contributed by atoms with Gasteiger partial charge in [-0.05, 0) is 24.3 Å². The lowest BCUT2D eigenvalue weighted by Gasteiger charge is -2.06. The number of thioether (sulfide) groups is 1. The first-order chi connectivity index (χ1) is 12.3. The van der Waals surface area contributed by atoms with Crippen LogP contribution in [0.2, 0.25) is 0 Å². The summed E-state index contributed by atoms with van der Waals surface area (Å²) in [6.45, 7) is 0.854.